The van der Waals surface area contributed by atoms with Crippen LogP contribution in [0, 0.1) is 0 Å². The SMILES string of the molecule is c1cc(-c2nc(-c3cccc4c3oc3ccccc34)c3ccccc3n2)cc(-n2c3ccc4ccccc4c3c3c4ccccc4ccc32)c1.c1ccc2c(-c3nc(-n4c5ccc6ccccc6c5c5c6ccccc6ccc54)nc4ccccc34)cccc2c1.c1ccc2c(c1)ccc1c2c2c3ccccc3ccc2n1-c1ccc(-c2nc(-c3ccc4c(c3)oc3ccccc34)c3ccccc3n2)c2ccccc12. The van der Waals surface area contributed by atoms with Crippen molar-refractivity contribution in [3.05, 3.63) is 479 Å². The first-order valence-corrected chi connectivity index (χ1v) is 49.2. The molecule has 32 aromatic rings. The predicted octanol–water partition coefficient (Wildman–Crippen LogP) is 35.5. The Labute approximate surface area is 827 Å². The number of hydrogen-bond acceptors (Lipinski definition) is 8. The third kappa shape index (κ3) is 12.8. The maximum atomic E-state index is 6.48. The highest BCUT2D eigenvalue weighted by Crippen LogP contribution is 2.49. The van der Waals surface area contributed by atoms with E-state index in [4.69, 9.17) is 38.7 Å². The van der Waals surface area contributed by atoms with Gasteiger partial charge in [0.15, 0.2) is 11.6 Å². The van der Waals surface area contributed by atoms with Gasteiger partial charge in [-0.25, -0.2) is 29.9 Å². The third-order valence-electron chi connectivity index (χ3n) is 29.7. The zero-order valence-corrected chi connectivity index (χ0v) is 78.0. The minimum absolute atomic E-state index is 0.672. The van der Waals surface area contributed by atoms with E-state index in [2.05, 4.69) is 450 Å². The highest BCUT2D eigenvalue weighted by Gasteiger charge is 2.28. The molecule has 0 amide bonds. The van der Waals surface area contributed by atoms with E-state index in [1.165, 1.54) is 130 Å². The van der Waals surface area contributed by atoms with Crippen molar-refractivity contribution >= 4 is 228 Å². The van der Waals surface area contributed by atoms with Gasteiger partial charge < -0.3 is 18.0 Å². The fourth-order valence-electron chi connectivity index (χ4n) is 23.3. The molecule has 672 valence electrons. The standard InChI is InChI=1S/C50H29N3O.C46H27N3O.C38H23N3/c1-3-13-33-30(11-1)22-26-43-47(33)48-34-14-4-2-12-31(34)23-27-44(48)53(43)42-28-25-39(35-15-5-6-16-36(35)42)50-51-41-19-9-7-18-40(41)49(52-50)32-21-24-38-37-17-8-10-20-45(37)54-46(38)29-32;1-3-15-32-28(11-1)23-25-39-42(32)43-33-16-4-2-12-29(33)24-26-40(43)49(39)31-14-9-13-30(27-31)46-47-38-21-7-5-18-36(38)44(48-46)37-20-10-19-35-34-17-6-8-22-41(34)50-45(35)37;1-4-14-27-24(10-1)13-9-18-30(27)37-31-17-7-8-19-32(31)39-38(40-37)41-33-22-20-25-11-2-5-15-28(25)35(33)36-29-16-6-3-12-26(29)21-23-34(36)41/h1-29H;1-27H;1-23H. The molecule has 0 aliphatic carbocycles. The van der Waals surface area contributed by atoms with Gasteiger partial charge in [-0.1, -0.05) is 370 Å². The van der Waals surface area contributed by atoms with E-state index in [-0.39, 0.29) is 0 Å². The van der Waals surface area contributed by atoms with Crippen LogP contribution in [-0.2, 0) is 0 Å². The van der Waals surface area contributed by atoms with Crippen LogP contribution in [-0.4, -0.2) is 43.6 Å². The van der Waals surface area contributed by atoms with Crippen LogP contribution in [0.15, 0.2) is 488 Å². The van der Waals surface area contributed by atoms with Gasteiger partial charge in [-0.3, -0.25) is 4.57 Å². The van der Waals surface area contributed by atoms with E-state index in [0.29, 0.717) is 17.6 Å². The Morgan fingerprint density at radius 3 is 1.06 bits per heavy atom. The number of aromatic nitrogens is 9. The molecule has 0 saturated heterocycles. The quantitative estimate of drug-likeness (QED) is 0.148. The highest BCUT2D eigenvalue weighted by molar-refractivity contribution is 6.32. The van der Waals surface area contributed by atoms with Crippen LogP contribution < -0.4 is 0 Å². The van der Waals surface area contributed by atoms with E-state index in [0.717, 1.165) is 155 Å². The van der Waals surface area contributed by atoms with E-state index in [9.17, 15) is 0 Å². The Hall–Kier alpha value is -19.6. The van der Waals surface area contributed by atoms with Crippen molar-refractivity contribution in [3.63, 3.8) is 0 Å². The average Bonchev–Trinajstić information content (AvgIpc) is 1.56. The van der Waals surface area contributed by atoms with Crippen LogP contribution >= 0.6 is 0 Å². The molecule has 0 bridgehead atoms. The topological polar surface area (TPSA) is 118 Å². The predicted molar refractivity (Wildman–Crippen MR) is 603 cm³/mol. The Morgan fingerprint density at radius 1 is 0.172 bits per heavy atom. The molecular formula is C134H79N9O2. The molecule has 0 radical (unpaired) electrons. The monoisotopic (exact) mass is 1850 g/mol. The Balaban J connectivity index is 0.000000102. The maximum absolute atomic E-state index is 6.48. The van der Waals surface area contributed by atoms with E-state index in [1.54, 1.807) is 0 Å². The molecule has 32 rings (SSSR count). The summed E-state index contributed by atoms with van der Waals surface area (Å²) in [7, 11) is 0. The van der Waals surface area contributed by atoms with Crippen LogP contribution in [0.3, 0.4) is 0 Å². The maximum Gasteiger partial charge on any atom is 0.235 e. The molecule has 11 nitrogen and oxygen atoms in total. The summed E-state index contributed by atoms with van der Waals surface area (Å²) >= 11 is 0. The van der Waals surface area contributed by atoms with Crippen LogP contribution in [0.25, 0.3) is 302 Å². The van der Waals surface area contributed by atoms with Crippen molar-refractivity contribution in [1.29, 1.82) is 0 Å². The Kier molecular flexibility index (Phi) is 18.2. The van der Waals surface area contributed by atoms with Gasteiger partial charge in [-0.05, 0) is 190 Å². The van der Waals surface area contributed by atoms with Gasteiger partial charge in [0.05, 0.1) is 72.4 Å². The molecule has 0 N–H and O–H groups in total. The smallest absolute Gasteiger partial charge is 0.235 e. The van der Waals surface area contributed by atoms with Gasteiger partial charge in [0.2, 0.25) is 5.95 Å². The van der Waals surface area contributed by atoms with Gasteiger partial charge in [0.1, 0.15) is 22.3 Å². The third-order valence-corrected chi connectivity index (χ3v) is 29.7. The van der Waals surface area contributed by atoms with Crippen molar-refractivity contribution in [3.8, 4) is 73.9 Å². The largest absolute Gasteiger partial charge is 0.456 e. The Morgan fingerprint density at radius 2 is 0.531 bits per heavy atom. The molecular weight excluding hydrogens is 1770 g/mol. The first-order chi connectivity index (χ1) is 71.9. The normalized spacial score (nSPS) is 12.0. The molecule has 0 saturated carbocycles. The molecule has 0 aliphatic heterocycles. The first kappa shape index (κ1) is 81.4. The number of rotatable bonds is 8. The summed E-state index contributed by atoms with van der Waals surface area (Å²) in [6, 6.07) is 170. The minimum Gasteiger partial charge on any atom is -0.456 e. The summed E-state index contributed by atoms with van der Waals surface area (Å²) < 4.78 is 19.9. The second kappa shape index (κ2) is 32.5. The summed E-state index contributed by atoms with van der Waals surface area (Å²) in [5, 5.41) is 34.5. The molecule has 8 heterocycles. The number of hydrogen-bond donors (Lipinski definition) is 0. The Bertz CT molecular complexity index is 10900. The van der Waals surface area contributed by atoms with Crippen molar-refractivity contribution in [1.82, 2.24) is 43.6 Å². The van der Waals surface area contributed by atoms with Crippen molar-refractivity contribution in [2.75, 3.05) is 0 Å². The molecule has 0 atom stereocenters. The zero-order chi connectivity index (χ0) is 95.0. The van der Waals surface area contributed by atoms with Crippen LogP contribution in [0.2, 0.25) is 0 Å². The second-order valence-corrected chi connectivity index (χ2v) is 37.7. The fourth-order valence-corrected chi connectivity index (χ4v) is 23.3. The second-order valence-electron chi connectivity index (χ2n) is 37.7. The van der Waals surface area contributed by atoms with Crippen LogP contribution in [0.4, 0.5) is 0 Å². The first-order valence-electron chi connectivity index (χ1n) is 49.2. The lowest BCUT2D eigenvalue weighted by Crippen LogP contribution is -2.03. The molecule has 24 aromatic carbocycles. The number of benzene rings is 24. The van der Waals surface area contributed by atoms with Crippen LogP contribution in [0.5, 0.6) is 0 Å². The summed E-state index contributed by atoms with van der Waals surface area (Å²) in [6.45, 7) is 0. The lowest BCUT2D eigenvalue weighted by Gasteiger charge is -2.15. The lowest BCUT2D eigenvalue weighted by atomic mass is 9.99. The number of nitrogens with zero attached hydrogens (tertiary/aromatic N) is 9. The molecule has 11 heteroatoms. The summed E-state index contributed by atoms with van der Waals surface area (Å²) in [6.07, 6.45) is 0. The molecule has 0 aliphatic rings. The van der Waals surface area contributed by atoms with Crippen LogP contribution in [0.1, 0.15) is 0 Å². The highest BCUT2D eigenvalue weighted by atomic mass is 16.3. The lowest BCUT2D eigenvalue weighted by molar-refractivity contribution is 0.669. The minimum atomic E-state index is 0.672. The number of para-hydroxylation sites is 6. The van der Waals surface area contributed by atoms with Crippen molar-refractivity contribution in [2.24, 2.45) is 0 Å². The molecule has 0 spiro atoms. The van der Waals surface area contributed by atoms with Gasteiger partial charge in [-0.2, -0.15) is 0 Å². The number of fused-ring (bicyclic) bond motifs is 32. The van der Waals surface area contributed by atoms with E-state index < -0.39 is 0 Å². The van der Waals surface area contributed by atoms with Gasteiger partial charge in [-0.15, -0.1) is 0 Å². The van der Waals surface area contributed by atoms with E-state index >= 15 is 0 Å². The number of furan rings is 2. The molecule has 8 aromatic heterocycles. The molecule has 0 unspecified atom stereocenters. The summed E-state index contributed by atoms with van der Waals surface area (Å²) in [5.41, 5.74) is 22.9. The fraction of sp³-hybridized carbons (Fsp3) is 0. The van der Waals surface area contributed by atoms with E-state index in [1.807, 2.05) is 42.5 Å². The molecule has 0 fully saturated rings. The van der Waals surface area contributed by atoms with Gasteiger partial charge in [0.25, 0.3) is 0 Å². The summed E-state index contributed by atoms with van der Waals surface area (Å²) in [4.78, 5) is 31.6. The van der Waals surface area contributed by atoms with Crippen molar-refractivity contribution < 1.29 is 8.83 Å². The summed E-state index contributed by atoms with van der Waals surface area (Å²) in [5.74, 6) is 2.04. The van der Waals surface area contributed by atoms with Gasteiger partial charge in [0, 0.05) is 109 Å². The zero-order valence-electron chi connectivity index (χ0n) is 78.0. The average molecular weight is 1850 g/mol. The van der Waals surface area contributed by atoms with Gasteiger partial charge >= 0.3 is 0 Å². The van der Waals surface area contributed by atoms with Crippen molar-refractivity contribution in [2.45, 2.75) is 0 Å². The molecule has 145 heavy (non-hydrogen) atoms.